The number of halogens is 2. The number of fused-ring (bicyclic) bond motifs is 1. The number of carbonyl (C=O) groups is 3. The third-order valence-corrected chi connectivity index (χ3v) is 8.96. The van der Waals surface area contributed by atoms with Crippen molar-refractivity contribution in [3.05, 3.63) is 55.2 Å². The number of esters is 3. The summed E-state index contributed by atoms with van der Waals surface area (Å²) in [5, 5.41) is 0. The minimum atomic E-state index is -4.63. The molecule has 2 aromatic carbocycles. The normalized spacial score (nSPS) is 29.1. The maximum Gasteiger partial charge on any atom is 0.339 e. The molecule has 5 rings (SSSR count). The Kier molecular flexibility index (Phi) is 6.13. The van der Waals surface area contributed by atoms with Crippen molar-refractivity contribution in [3.63, 3.8) is 0 Å². The number of hydrogen-bond acceptors (Lipinski definition) is 9. The van der Waals surface area contributed by atoms with E-state index >= 15 is 0 Å². The lowest BCUT2D eigenvalue weighted by molar-refractivity contribution is -0.149. The van der Waals surface area contributed by atoms with Crippen molar-refractivity contribution in [1.82, 2.24) is 0 Å². The fourth-order valence-corrected chi connectivity index (χ4v) is 7.46. The van der Waals surface area contributed by atoms with Crippen LogP contribution in [-0.2, 0) is 29.2 Å². The second kappa shape index (κ2) is 8.71. The second-order valence-electron chi connectivity index (χ2n) is 8.36. The Morgan fingerprint density at radius 1 is 1.06 bits per heavy atom. The molecule has 2 aromatic rings. The number of carbonyl (C=O) groups excluding carboxylic acids is 3. The van der Waals surface area contributed by atoms with Crippen LogP contribution < -0.4 is 4.74 Å². The molecule has 5 unspecified atom stereocenters. The monoisotopic (exact) mass is 709 g/mol. The van der Waals surface area contributed by atoms with E-state index in [0.717, 1.165) is 19.3 Å². The van der Waals surface area contributed by atoms with Crippen molar-refractivity contribution in [2.75, 3.05) is 0 Å². The SMILES string of the molecule is O=C(OC1C2CC3C1OC(=O)[C@@H]3C2C(=O)Oc1ccc(S(=O)(=O)[O-])cc1)c1ccc(I)cc1I. The number of rotatable bonds is 5. The summed E-state index contributed by atoms with van der Waals surface area (Å²) < 4.78 is 51.6. The highest BCUT2D eigenvalue weighted by Crippen LogP contribution is 2.59. The van der Waals surface area contributed by atoms with Crippen molar-refractivity contribution in [2.45, 2.75) is 23.5 Å². The molecule has 0 radical (unpaired) electrons. The lowest BCUT2D eigenvalue weighted by Crippen LogP contribution is -2.44. The van der Waals surface area contributed by atoms with Crippen LogP contribution in [0.5, 0.6) is 5.75 Å². The molecule has 0 amide bonds. The minimum absolute atomic E-state index is 0.0325. The number of hydrogen-bond donors (Lipinski definition) is 0. The van der Waals surface area contributed by atoms with E-state index < -0.39 is 62.9 Å². The quantitative estimate of drug-likeness (QED) is 0.199. The Morgan fingerprint density at radius 3 is 2.41 bits per heavy atom. The predicted octanol–water partition coefficient (Wildman–Crippen LogP) is 2.74. The Hall–Kier alpha value is -1.78. The van der Waals surface area contributed by atoms with Crippen LogP contribution in [0.2, 0.25) is 0 Å². The van der Waals surface area contributed by atoms with Crippen LogP contribution in [0.25, 0.3) is 0 Å². The Balaban J connectivity index is 1.36. The van der Waals surface area contributed by atoms with Crippen molar-refractivity contribution in [3.8, 4) is 5.75 Å². The smallest absolute Gasteiger partial charge is 0.339 e. The zero-order chi connectivity index (χ0) is 24.4. The third-order valence-electron chi connectivity index (χ3n) is 6.54. The summed E-state index contributed by atoms with van der Waals surface area (Å²) in [4.78, 5) is 38.0. The minimum Gasteiger partial charge on any atom is -0.744 e. The summed E-state index contributed by atoms with van der Waals surface area (Å²) in [6.07, 6.45) is -0.894. The summed E-state index contributed by atoms with van der Waals surface area (Å²) in [7, 11) is -4.63. The first-order valence-corrected chi connectivity index (χ1v) is 13.8. The summed E-state index contributed by atoms with van der Waals surface area (Å²) in [6, 6.07) is 9.77. The molecule has 1 heterocycles. The van der Waals surface area contributed by atoms with Gasteiger partial charge in [-0.05, 0) is 94.1 Å². The van der Waals surface area contributed by atoms with Gasteiger partial charge in [-0.25, -0.2) is 13.2 Å². The van der Waals surface area contributed by atoms with E-state index in [9.17, 15) is 27.4 Å². The van der Waals surface area contributed by atoms with Crippen molar-refractivity contribution in [2.24, 2.45) is 23.7 Å². The molecule has 34 heavy (non-hydrogen) atoms. The van der Waals surface area contributed by atoms with Gasteiger partial charge in [-0.1, -0.05) is 0 Å². The zero-order valence-corrected chi connectivity index (χ0v) is 22.2. The highest BCUT2D eigenvalue weighted by atomic mass is 127. The van der Waals surface area contributed by atoms with Gasteiger partial charge in [0.15, 0.2) is 0 Å². The predicted molar refractivity (Wildman–Crippen MR) is 130 cm³/mol. The van der Waals surface area contributed by atoms with Crippen LogP contribution >= 0.6 is 45.2 Å². The van der Waals surface area contributed by atoms with Gasteiger partial charge < -0.3 is 18.8 Å². The molecule has 0 spiro atoms. The van der Waals surface area contributed by atoms with Crippen LogP contribution in [0.3, 0.4) is 0 Å². The molecule has 2 saturated carbocycles. The van der Waals surface area contributed by atoms with Gasteiger partial charge in [0.2, 0.25) is 0 Å². The molecule has 3 aliphatic rings. The van der Waals surface area contributed by atoms with Crippen LogP contribution in [0.15, 0.2) is 47.4 Å². The van der Waals surface area contributed by atoms with Gasteiger partial charge in [-0.3, -0.25) is 9.59 Å². The average molecular weight is 709 g/mol. The molecular weight excluding hydrogens is 694 g/mol. The topological polar surface area (TPSA) is 136 Å². The maximum atomic E-state index is 13.1. The van der Waals surface area contributed by atoms with Crippen molar-refractivity contribution in [1.29, 1.82) is 0 Å². The Labute approximate surface area is 221 Å². The van der Waals surface area contributed by atoms with Gasteiger partial charge in [0.1, 0.15) is 28.1 Å². The van der Waals surface area contributed by atoms with Gasteiger partial charge in [-0.15, -0.1) is 0 Å². The molecule has 0 aromatic heterocycles. The molecule has 9 nitrogen and oxygen atoms in total. The molecule has 1 aliphatic heterocycles. The molecule has 6 atom stereocenters. The van der Waals surface area contributed by atoms with E-state index in [4.69, 9.17) is 14.2 Å². The summed E-state index contributed by atoms with van der Waals surface area (Å²) in [5.41, 5.74) is 0.386. The molecule has 1 saturated heterocycles. The van der Waals surface area contributed by atoms with Gasteiger partial charge in [0.05, 0.1) is 22.3 Å². The highest BCUT2D eigenvalue weighted by Gasteiger charge is 2.70. The molecule has 178 valence electrons. The van der Waals surface area contributed by atoms with E-state index in [2.05, 4.69) is 22.6 Å². The van der Waals surface area contributed by atoms with Gasteiger partial charge in [0.25, 0.3) is 0 Å². The molecule has 3 fully saturated rings. The Morgan fingerprint density at radius 2 is 1.76 bits per heavy atom. The molecule has 12 heteroatoms. The second-order valence-corrected chi connectivity index (χ2v) is 12.1. The van der Waals surface area contributed by atoms with Gasteiger partial charge >= 0.3 is 17.9 Å². The fraction of sp³-hybridized carbons (Fsp3) is 0.318. The van der Waals surface area contributed by atoms with E-state index in [1.807, 2.05) is 28.7 Å². The summed E-state index contributed by atoms with van der Waals surface area (Å²) >= 11 is 4.19. The van der Waals surface area contributed by atoms with E-state index in [1.165, 1.54) is 12.1 Å². The van der Waals surface area contributed by atoms with Gasteiger partial charge in [0, 0.05) is 19.0 Å². The van der Waals surface area contributed by atoms with E-state index in [-0.39, 0.29) is 11.7 Å². The van der Waals surface area contributed by atoms with Crippen molar-refractivity contribution < 1.29 is 41.6 Å². The lowest BCUT2D eigenvalue weighted by atomic mass is 9.78. The zero-order valence-electron chi connectivity index (χ0n) is 17.1. The average Bonchev–Trinajstić information content (AvgIpc) is 3.37. The van der Waals surface area contributed by atoms with E-state index in [1.54, 1.807) is 12.1 Å². The molecule has 2 bridgehead atoms. The number of ether oxygens (including phenoxy) is 3. The lowest BCUT2D eigenvalue weighted by Gasteiger charge is -2.30. The molecule has 0 N–H and O–H groups in total. The maximum absolute atomic E-state index is 13.1. The first-order valence-electron chi connectivity index (χ1n) is 10.2. The highest BCUT2D eigenvalue weighted by molar-refractivity contribution is 14.1. The van der Waals surface area contributed by atoms with Crippen LogP contribution in [0, 0.1) is 30.8 Å². The first-order chi connectivity index (χ1) is 16.0. The van der Waals surface area contributed by atoms with Crippen LogP contribution in [0.4, 0.5) is 0 Å². The third kappa shape index (κ3) is 4.11. The molecular formula is C22H15I2O9S-. The van der Waals surface area contributed by atoms with Crippen LogP contribution in [-0.4, -0.2) is 43.1 Å². The van der Waals surface area contributed by atoms with Crippen LogP contribution in [0.1, 0.15) is 16.8 Å². The van der Waals surface area contributed by atoms with Gasteiger partial charge in [-0.2, -0.15) is 0 Å². The van der Waals surface area contributed by atoms with E-state index in [0.29, 0.717) is 12.0 Å². The summed E-state index contributed by atoms with van der Waals surface area (Å²) in [5.74, 6) is -4.00. The van der Waals surface area contributed by atoms with Crippen molar-refractivity contribution >= 4 is 73.2 Å². The summed E-state index contributed by atoms with van der Waals surface area (Å²) in [6.45, 7) is 0. The largest absolute Gasteiger partial charge is 0.744 e. The Bertz CT molecular complexity index is 1310. The fourth-order valence-electron chi connectivity index (χ4n) is 5.17. The molecule has 2 aliphatic carbocycles. The standard InChI is InChI=1S/C22H16I2O9S/c23-9-1-6-12(15(24)7-9)20(25)32-18-13-8-14-17(22(27)33-19(14)18)16(13)21(26)31-10-2-4-11(5-3-10)34(28,29)30/h1-7,13-14,16-19H,8H2,(H,28,29,30)/p-1/t13?,14?,16?,17-,18?,19?/m0/s1. The first kappa shape index (κ1) is 23.9. The number of benzene rings is 2.